The maximum atomic E-state index is 13.0. The van der Waals surface area contributed by atoms with Gasteiger partial charge >= 0.3 is 0 Å². The minimum atomic E-state index is -3.01. The minimum absolute atomic E-state index is 0.0404. The van der Waals surface area contributed by atoms with Gasteiger partial charge in [-0.3, -0.25) is 4.79 Å². The Morgan fingerprint density at radius 3 is 2.21 bits per heavy atom. The minimum Gasteiger partial charge on any atom is -0.334 e. The molecule has 0 radical (unpaired) electrons. The van der Waals surface area contributed by atoms with E-state index >= 15 is 0 Å². The number of rotatable bonds is 4. The Balaban J connectivity index is 2.24. The highest BCUT2D eigenvalue weighted by atomic mass is 32.2. The van der Waals surface area contributed by atoms with Crippen LogP contribution < -0.4 is 0 Å². The summed E-state index contributed by atoms with van der Waals surface area (Å²) >= 11 is 0. The summed E-state index contributed by atoms with van der Waals surface area (Å²) in [6.45, 7) is 11.1. The lowest BCUT2D eigenvalue weighted by Gasteiger charge is -2.30. The highest BCUT2D eigenvalue weighted by Crippen LogP contribution is 2.24. The van der Waals surface area contributed by atoms with Crippen molar-refractivity contribution >= 4 is 15.7 Å². The van der Waals surface area contributed by atoms with Crippen molar-refractivity contribution in [3.8, 4) is 0 Å². The van der Waals surface area contributed by atoms with Crippen LogP contribution in [-0.2, 0) is 15.3 Å². The van der Waals surface area contributed by atoms with Gasteiger partial charge in [0.2, 0.25) is 0 Å². The first-order valence-electron chi connectivity index (χ1n) is 8.61. The molecule has 1 heterocycles. The summed E-state index contributed by atoms with van der Waals surface area (Å²) < 4.78 is 23.6. The zero-order valence-electron chi connectivity index (χ0n) is 15.4. The largest absolute Gasteiger partial charge is 0.334 e. The van der Waals surface area contributed by atoms with E-state index in [-0.39, 0.29) is 28.9 Å². The van der Waals surface area contributed by atoms with Crippen molar-refractivity contribution in [1.82, 2.24) is 4.90 Å². The Hall–Kier alpha value is -1.36. The van der Waals surface area contributed by atoms with Crippen molar-refractivity contribution in [2.24, 2.45) is 5.92 Å². The van der Waals surface area contributed by atoms with Gasteiger partial charge in [-0.15, -0.1) is 0 Å². The van der Waals surface area contributed by atoms with Crippen LogP contribution in [-0.4, -0.2) is 43.3 Å². The number of nitrogens with zero attached hydrogens (tertiary/aromatic N) is 1. The predicted octanol–water partition coefficient (Wildman–Crippen LogP) is 3.27. The second-order valence-electron chi connectivity index (χ2n) is 8.24. The second kappa shape index (κ2) is 6.87. The molecule has 1 aliphatic heterocycles. The van der Waals surface area contributed by atoms with E-state index in [4.69, 9.17) is 0 Å². The van der Waals surface area contributed by atoms with Crippen molar-refractivity contribution in [2.75, 3.05) is 18.1 Å². The average Bonchev–Trinajstić information content (AvgIpc) is 2.83. The molecule has 134 valence electrons. The first kappa shape index (κ1) is 19.0. The molecular weight excluding hydrogens is 322 g/mol. The highest BCUT2D eigenvalue weighted by Gasteiger charge is 2.35. The third-order valence-electron chi connectivity index (χ3n) is 4.47. The molecule has 1 aromatic carbocycles. The van der Waals surface area contributed by atoms with Gasteiger partial charge < -0.3 is 4.90 Å². The molecule has 0 spiro atoms. The third-order valence-corrected chi connectivity index (χ3v) is 6.22. The van der Waals surface area contributed by atoms with E-state index in [1.165, 1.54) is 5.56 Å². The summed E-state index contributed by atoms with van der Waals surface area (Å²) in [6, 6.07) is 7.50. The molecule has 1 aliphatic rings. The molecular formula is C19H29NO3S. The summed E-state index contributed by atoms with van der Waals surface area (Å²) in [5, 5.41) is 0. The van der Waals surface area contributed by atoms with Gasteiger partial charge in [-0.25, -0.2) is 8.42 Å². The third kappa shape index (κ3) is 4.59. The summed E-state index contributed by atoms with van der Waals surface area (Å²) in [4.78, 5) is 14.7. The Morgan fingerprint density at radius 2 is 1.79 bits per heavy atom. The molecule has 0 aromatic heterocycles. The van der Waals surface area contributed by atoms with E-state index in [0.717, 1.165) is 0 Å². The molecule has 1 atom stereocenters. The number of carbonyl (C=O) groups is 1. The van der Waals surface area contributed by atoms with Gasteiger partial charge in [-0.1, -0.05) is 46.8 Å². The van der Waals surface area contributed by atoms with E-state index in [0.29, 0.717) is 24.4 Å². The van der Waals surface area contributed by atoms with Crippen LogP contribution in [0.1, 0.15) is 57.0 Å². The molecule has 1 aromatic rings. The molecule has 0 bridgehead atoms. The summed E-state index contributed by atoms with van der Waals surface area (Å²) in [5.41, 5.74) is 1.85. The van der Waals surface area contributed by atoms with Gasteiger partial charge in [0.1, 0.15) is 0 Å². The maximum absolute atomic E-state index is 13.0. The standard InChI is InChI=1S/C19H29NO3S/c1-14(2)12-20(17-10-11-24(22,23)13-17)18(21)15-6-8-16(9-7-15)19(3,4)5/h6-9,14,17H,10-13H2,1-5H3/t17-/m1/s1. The van der Waals surface area contributed by atoms with Crippen LogP contribution >= 0.6 is 0 Å². The second-order valence-corrected chi connectivity index (χ2v) is 10.5. The van der Waals surface area contributed by atoms with Crippen molar-refractivity contribution in [3.05, 3.63) is 35.4 Å². The van der Waals surface area contributed by atoms with Crippen LogP contribution in [0.2, 0.25) is 0 Å². The van der Waals surface area contributed by atoms with E-state index in [9.17, 15) is 13.2 Å². The number of hydrogen-bond donors (Lipinski definition) is 0. The Kier molecular flexibility index (Phi) is 5.43. The van der Waals surface area contributed by atoms with Crippen molar-refractivity contribution in [2.45, 2.75) is 52.5 Å². The Labute approximate surface area is 146 Å². The van der Waals surface area contributed by atoms with E-state index in [1.807, 2.05) is 38.1 Å². The molecule has 1 amide bonds. The van der Waals surface area contributed by atoms with Gasteiger partial charge in [0.25, 0.3) is 5.91 Å². The van der Waals surface area contributed by atoms with Crippen LogP contribution in [0.25, 0.3) is 0 Å². The lowest BCUT2D eigenvalue weighted by atomic mass is 9.86. The monoisotopic (exact) mass is 351 g/mol. The molecule has 5 heteroatoms. The molecule has 0 saturated carbocycles. The molecule has 4 nitrogen and oxygen atoms in total. The number of amides is 1. The topological polar surface area (TPSA) is 54.5 Å². The molecule has 1 saturated heterocycles. The van der Waals surface area contributed by atoms with Crippen LogP contribution in [0.3, 0.4) is 0 Å². The van der Waals surface area contributed by atoms with E-state index in [2.05, 4.69) is 20.8 Å². The van der Waals surface area contributed by atoms with Crippen molar-refractivity contribution in [1.29, 1.82) is 0 Å². The van der Waals surface area contributed by atoms with Crippen LogP contribution in [0.5, 0.6) is 0 Å². The van der Waals surface area contributed by atoms with Gasteiger partial charge in [-0.2, -0.15) is 0 Å². The molecule has 1 fully saturated rings. The Bertz CT molecular complexity index is 684. The number of benzene rings is 1. The van der Waals surface area contributed by atoms with Gasteiger partial charge in [0.05, 0.1) is 11.5 Å². The summed E-state index contributed by atoms with van der Waals surface area (Å²) in [5.74, 6) is 0.506. The number of hydrogen-bond acceptors (Lipinski definition) is 3. The molecule has 24 heavy (non-hydrogen) atoms. The van der Waals surface area contributed by atoms with Crippen LogP contribution in [0, 0.1) is 5.92 Å². The molecule has 0 N–H and O–H groups in total. The fraction of sp³-hybridized carbons (Fsp3) is 0.632. The van der Waals surface area contributed by atoms with Crippen LogP contribution in [0.15, 0.2) is 24.3 Å². The smallest absolute Gasteiger partial charge is 0.254 e. The summed E-state index contributed by atoms with van der Waals surface area (Å²) in [7, 11) is -3.01. The van der Waals surface area contributed by atoms with Crippen molar-refractivity contribution < 1.29 is 13.2 Å². The highest BCUT2D eigenvalue weighted by molar-refractivity contribution is 7.91. The zero-order chi connectivity index (χ0) is 18.1. The first-order chi connectivity index (χ1) is 11.0. The van der Waals surface area contributed by atoms with Gasteiger partial charge in [-0.05, 0) is 35.4 Å². The van der Waals surface area contributed by atoms with Crippen LogP contribution in [0.4, 0.5) is 0 Å². The van der Waals surface area contributed by atoms with Gasteiger partial charge in [0.15, 0.2) is 9.84 Å². The summed E-state index contributed by atoms with van der Waals surface area (Å²) in [6.07, 6.45) is 0.543. The quantitative estimate of drug-likeness (QED) is 0.836. The average molecular weight is 352 g/mol. The number of carbonyl (C=O) groups excluding carboxylic acids is 1. The lowest BCUT2D eigenvalue weighted by Crippen LogP contribution is -2.43. The predicted molar refractivity (Wildman–Crippen MR) is 98.1 cm³/mol. The fourth-order valence-corrected chi connectivity index (χ4v) is 4.82. The first-order valence-corrected chi connectivity index (χ1v) is 10.4. The fourth-order valence-electron chi connectivity index (χ4n) is 3.09. The Morgan fingerprint density at radius 1 is 1.21 bits per heavy atom. The number of sulfone groups is 1. The molecule has 0 aliphatic carbocycles. The molecule has 0 unspecified atom stereocenters. The normalized spacial score (nSPS) is 20.3. The van der Waals surface area contributed by atoms with Gasteiger partial charge in [0, 0.05) is 18.2 Å². The van der Waals surface area contributed by atoms with Crippen molar-refractivity contribution in [3.63, 3.8) is 0 Å². The van der Waals surface area contributed by atoms with E-state index < -0.39 is 9.84 Å². The molecule has 2 rings (SSSR count). The SMILES string of the molecule is CC(C)CN(C(=O)c1ccc(C(C)(C)C)cc1)[C@@H]1CCS(=O)(=O)C1. The zero-order valence-corrected chi connectivity index (χ0v) is 16.2. The maximum Gasteiger partial charge on any atom is 0.254 e. The van der Waals surface area contributed by atoms with E-state index in [1.54, 1.807) is 4.90 Å². The lowest BCUT2D eigenvalue weighted by molar-refractivity contribution is 0.0672.